The molecule has 0 aliphatic carbocycles. The van der Waals surface area contributed by atoms with Gasteiger partial charge in [-0.1, -0.05) is 0 Å². The van der Waals surface area contributed by atoms with Crippen LogP contribution in [-0.4, -0.2) is 24.5 Å². The topological polar surface area (TPSA) is 96.4 Å². The molecule has 0 radical (unpaired) electrons. The van der Waals surface area contributed by atoms with Crippen LogP contribution < -0.4 is 4.72 Å². The maximum absolute atomic E-state index is 13.5. The van der Waals surface area contributed by atoms with Crippen molar-refractivity contribution in [3.8, 4) is 0 Å². The lowest BCUT2D eigenvalue weighted by Gasteiger charge is -2.08. The van der Waals surface area contributed by atoms with Crippen LogP contribution in [0.2, 0.25) is 0 Å². The molecule has 0 fully saturated rings. The number of carboxylic acid groups (broad SMARTS) is 1. The van der Waals surface area contributed by atoms with Gasteiger partial charge in [-0.3, -0.25) is 4.72 Å². The van der Waals surface area contributed by atoms with Crippen LogP contribution >= 0.6 is 0 Å². The van der Waals surface area contributed by atoms with Crippen LogP contribution in [0.25, 0.3) is 0 Å². The number of pyridine rings is 1. The second-order valence-electron chi connectivity index (χ2n) is 3.90. The zero-order valence-corrected chi connectivity index (χ0v) is 11.1. The predicted octanol–water partition coefficient (Wildman–Crippen LogP) is 1.86. The third kappa shape index (κ3) is 3.14. The summed E-state index contributed by atoms with van der Waals surface area (Å²) in [6.07, 6.45) is 1.09. The Morgan fingerprint density at radius 2 is 1.90 bits per heavy atom. The van der Waals surface area contributed by atoms with E-state index in [1.807, 2.05) is 4.72 Å². The van der Waals surface area contributed by atoms with Crippen molar-refractivity contribution in [1.29, 1.82) is 0 Å². The monoisotopic (exact) mass is 314 g/mol. The number of hydrogen-bond donors (Lipinski definition) is 2. The van der Waals surface area contributed by atoms with E-state index in [0.29, 0.717) is 6.07 Å². The third-order valence-corrected chi connectivity index (χ3v) is 3.74. The highest BCUT2D eigenvalue weighted by Crippen LogP contribution is 2.19. The van der Waals surface area contributed by atoms with Crippen LogP contribution in [0.15, 0.2) is 41.6 Å². The van der Waals surface area contributed by atoms with Gasteiger partial charge in [0, 0.05) is 6.20 Å². The number of nitrogens with zero attached hydrogens (tertiary/aromatic N) is 1. The van der Waals surface area contributed by atoms with Crippen molar-refractivity contribution in [3.63, 3.8) is 0 Å². The Hall–Kier alpha value is -2.55. The molecule has 9 heteroatoms. The Labute approximate surface area is 118 Å². The number of anilines is 1. The van der Waals surface area contributed by atoms with Gasteiger partial charge >= 0.3 is 5.97 Å². The molecule has 2 aromatic rings. The summed E-state index contributed by atoms with van der Waals surface area (Å²) in [5.41, 5.74) is -0.857. The Bertz CT molecular complexity index is 809. The Morgan fingerprint density at radius 1 is 1.19 bits per heavy atom. The fourth-order valence-electron chi connectivity index (χ4n) is 1.52. The summed E-state index contributed by atoms with van der Waals surface area (Å²) in [5, 5.41) is 7.83. The van der Waals surface area contributed by atoms with E-state index in [4.69, 9.17) is 5.11 Å². The lowest BCUT2D eigenvalue weighted by Crippen LogP contribution is -2.16. The molecule has 0 spiro atoms. The normalized spacial score (nSPS) is 11.1. The highest BCUT2D eigenvalue weighted by Gasteiger charge is 2.21. The number of benzene rings is 1. The number of aromatic nitrogens is 1. The summed E-state index contributed by atoms with van der Waals surface area (Å²) in [7, 11) is -4.34. The number of aromatic carboxylic acids is 1. The number of carbonyl (C=O) groups is 1. The lowest BCUT2D eigenvalue weighted by molar-refractivity contribution is 0.0692. The van der Waals surface area contributed by atoms with E-state index >= 15 is 0 Å². The van der Waals surface area contributed by atoms with E-state index < -0.39 is 38.2 Å². The lowest BCUT2D eigenvalue weighted by atomic mass is 10.2. The molecule has 0 atom stereocenters. The van der Waals surface area contributed by atoms with Crippen molar-refractivity contribution in [2.75, 3.05) is 4.72 Å². The highest BCUT2D eigenvalue weighted by molar-refractivity contribution is 7.92. The Balaban J connectivity index is 2.36. The van der Waals surface area contributed by atoms with Gasteiger partial charge in [0.15, 0.2) is 5.82 Å². The van der Waals surface area contributed by atoms with E-state index in [1.54, 1.807) is 0 Å². The zero-order chi connectivity index (χ0) is 15.6. The van der Waals surface area contributed by atoms with E-state index in [2.05, 4.69) is 4.98 Å². The minimum atomic E-state index is -4.34. The molecular formula is C12H8F2N2O4S. The van der Waals surface area contributed by atoms with E-state index in [9.17, 15) is 22.0 Å². The molecule has 21 heavy (non-hydrogen) atoms. The molecule has 0 amide bonds. The number of hydrogen-bond acceptors (Lipinski definition) is 4. The number of carboxylic acids is 1. The first-order valence-corrected chi connectivity index (χ1v) is 6.96. The predicted molar refractivity (Wildman–Crippen MR) is 68.4 cm³/mol. The molecule has 2 N–H and O–H groups in total. The number of rotatable bonds is 4. The zero-order valence-electron chi connectivity index (χ0n) is 10.2. The maximum Gasteiger partial charge on any atom is 0.338 e. The average Bonchev–Trinajstić information content (AvgIpc) is 2.38. The summed E-state index contributed by atoms with van der Waals surface area (Å²) in [5.74, 6) is -3.67. The molecular weight excluding hydrogens is 306 g/mol. The fourth-order valence-corrected chi connectivity index (χ4v) is 2.58. The van der Waals surface area contributed by atoms with Gasteiger partial charge in [-0.2, -0.15) is 8.42 Å². The van der Waals surface area contributed by atoms with Crippen LogP contribution in [0.4, 0.5) is 14.5 Å². The minimum absolute atomic E-state index is 0.248. The van der Waals surface area contributed by atoms with Crippen LogP contribution in [0.3, 0.4) is 0 Å². The van der Waals surface area contributed by atoms with E-state index in [-0.39, 0.29) is 5.69 Å². The van der Waals surface area contributed by atoms with Gasteiger partial charge in [-0.05, 0) is 30.3 Å². The van der Waals surface area contributed by atoms with Gasteiger partial charge in [0.05, 0.1) is 11.3 Å². The van der Waals surface area contributed by atoms with Crippen molar-refractivity contribution in [3.05, 3.63) is 53.7 Å². The number of nitrogens with one attached hydrogen (secondary N) is 1. The van der Waals surface area contributed by atoms with Crippen molar-refractivity contribution in [2.24, 2.45) is 0 Å². The summed E-state index contributed by atoms with van der Waals surface area (Å²) in [6.45, 7) is 0. The molecule has 0 bridgehead atoms. The number of halogens is 2. The van der Waals surface area contributed by atoms with E-state index in [0.717, 1.165) is 24.4 Å². The van der Waals surface area contributed by atoms with Gasteiger partial charge in [0.2, 0.25) is 5.03 Å². The molecule has 0 saturated carbocycles. The average molecular weight is 314 g/mol. The third-order valence-electron chi connectivity index (χ3n) is 2.43. The summed E-state index contributed by atoms with van der Waals surface area (Å²) in [6, 6.07) is 4.75. The fraction of sp³-hybridized carbons (Fsp3) is 0. The number of sulfonamides is 1. The quantitative estimate of drug-likeness (QED) is 0.898. The van der Waals surface area contributed by atoms with Crippen LogP contribution in [-0.2, 0) is 10.0 Å². The van der Waals surface area contributed by atoms with Crippen LogP contribution in [0.1, 0.15) is 10.4 Å². The molecule has 0 unspecified atom stereocenters. The van der Waals surface area contributed by atoms with Gasteiger partial charge in [0.25, 0.3) is 10.0 Å². The molecule has 0 saturated heterocycles. The Morgan fingerprint density at radius 3 is 2.48 bits per heavy atom. The standard InChI is InChI=1S/C12H8F2N2O4S/c13-9-2-1-5-15-11(9)21(19,20)16-7-3-4-8(12(17)18)10(14)6-7/h1-6,16H,(H,17,18). The summed E-state index contributed by atoms with van der Waals surface area (Å²) < 4.78 is 52.6. The molecule has 1 aromatic carbocycles. The van der Waals surface area contributed by atoms with Crippen LogP contribution in [0, 0.1) is 11.6 Å². The molecule has 6 nitrogen and oxygen atoms in total. The van der Waals surface area contributed by atoms with Crippen LogP contribution in [0.5, 0.6) is 0 Å². The van der Waals surface area contributed by atoms with Gasteiger partial charge in [-0.25, -0.2) is 18.6 Å². The first-order valence-electron chi connectivity index (χ1n) is 5.47. The van der Waals surface area contributed by atoms with Gasteiger partial charge < -0.3 is 5.11 Å². The maximum atomic E-state index is 13.5. The molecule has 1 aromatic heterocycles. The smallest absolute Gasteiger partial charge is 0.338 e. The second-order valence-corrected chi connectivity index (χ2v) is 5.49. The largest absolute Gasteiger partial charge is 0.478 e. The minimum Gasteiger partial charge on any atom is -0.478 e. The summed E-state index contributed by atoms with van der Waals surface area (Å²) in [4.78, 5) is 14.0. The van der Waals surface area contributed by atoms with Crippen molar-refractivity contribution >= 4 is 21.7 Å². The summed E-state index contributed by atoms with van der Waals surface area (Å²) >= 11 is 0. The van der Waals surface area contributed by atoms with E-state index in [1.165, 1.54) is 6.07 Å². The highest BCUT2D eigenvalue weighted by atomic mass is 32.2. The molecule has 1 heterocycles. The molecule has 0 aliphatic heterocycles. The molecule has 110 valence electrons. The van der Waals surface area contributed by atoms with Gasteiger partial charge in [-0.15, -0.1) is 0 Å². The second kappa shape index (κ2) is 5.44. The van der Waals surface area contributed by atoms with Gasteiger partial charge in [0.1, 0.15) is 5.82 Å². The first kappa shape index (κ1) is 14.9. The SMILES string of the molecule is O=C(O)c1ccc(NS(=O)(=O)c2ncccc2F)cc1F. The molecule has 2 rings (SSSR count). The first-order chi connectivity index (χ1) is 9.81. The Kier molecular flexibility index (Phi) is 3.85. The van der Waals surface area contributed by atoms with Crippen molar-refractivity contribution in [2.45, 2.75) is 5.03 Å². The van der Waals surface area contributed by atoms with Crippen molar-refractivity contribution in [1.82, 2.24) is 4.98 Å². The van der Waals surface area contributed by atoms with Crippen molar-refractivity contribution < 1.29 is 27.1 Å². The molecule has 0 aliphatic rings.